The Bertz CT molecular complexity index is 1020. The van der Waals surface area contributed by atoms with E-state index in [9.17, 15) is 10.0 Å². The van der Waals surface area contributed by atoms with Gasteiger partial charge in [-0.15, -0.1) is 10.2 Å². The molecule has 1 atom stereocenters. The van der Waals surface area contributed by atoms with E-state index in [1.54, 1.807) is 18.2 Å². The van der Waals surface area contributed by atoms with Crippen LogP contribution >= 0.6 is 0 Å². The van der Waals surface area contributed by atoms with Gasteiger partial charge >= 0.3 is 7.12 Å². The molecule has 0 bridgehead atoms. The van der Waals surface area contributed by atoms with Gasteiger partial charge in [0.15, 0.2) is 5.82 Å². The minimum Gasteiger partial charge on any atom is -0.477 e. The lowest BCUT2D eigenvalue weighted by atomic mass is 9.80. The first kappa shape index (κ1) is 19.2. The van der Waals surface area contributed by atoms with Gasteiger partial charge in [-0.3, -0.25) is 0 Å². The quantitative estimate of drug-likeness (QED) is 0.540. The molecule has 0 spiro atoms. The number of benzene rings is 2. The van der Waals surface area contributed by atoms with Crippen molar-refractivity contribution in [3.8, 4) is 5.88 Å². The van der Waals surface area contributed by atoms with Crippen molar-refractivity contribution >= 4 is 30.0 Å². The van der Waals surface area contributed by atoms with Gasteiger partial charge in [0.05, 0.1) is 7.11 Å². The number of methoxy groups -OCH3 is 1. The van der Waals surface area contributed by atoms with Gasteiger partial charge in [0, 0.05) is 18.3 Å². The zero-order valence-corrected chi connectivity index (χ0v) is 16.3. The SMILES string of the molecule is COc1nnc(N2c3ccccc3CC2C)nc1NCc1cccc(B(O)O)c1. The van der Waals surface area contributed by atoms with Crippen LogP contribution in [0, 0.1) is 0 Å². The topological polar surface area (TPSA) is 104 Å². The fourth-order valence-corrected chi connectivity index (χ4v) is 3.58. The predicted octanol–water partition coefficient (Wildman–Crippen LogP) is 1.25. The Balaban J connectivity index is 1.60. The van der Waals surface area contributed by atoms with Crippen molar-refractivity contribution in [3.63, 3.8) is 0 Å². The highest BCUT2D eigenvalue weighted by atomic mass is 16.5. The van der Waals surface area contributed by atoms with Crippen LogP contribution in [0.15, 0.2) is 48.5 Å². The molecule has 2 heterocycles. The zero-order chi connectivity index (χ0) is 20.4. The third-order valence-electron chi connectivity index (χ3n) is 4.97. The molecule has 3 N–H and O–H groups in total. The Morgan fingerprint density at radius 3 is 2.79 bits per heavy atom. The first-order valence-electron chi connectivity index (χ1n) is 9.41. The van der Waals surface area contributed by atoms with Crippen LogP contribution in [0.3, 0.4) is 0 Å². The van der Waals surface area contributed by atoms with Crippen LogP contribution in [0.25, 0.3) is 0 Å². The molecular formula is C20H22BN5O3. The highest BCUT2D eigenvalue weighted by molar-refractivity contribution is 6.58. The highest BCUT2D eigenvalue weighted by Gasteiger charge is 2.29. The van der Waals surface area contributed by atoms with E-state index < -0.39 is 7.12 Å². The highest BCUT2D eigenvalue weighted by Crippen LogP contribution is 2.37. The second-order valence-electron chi connectivity index (χ2n) is 6.99. The molecule has 9 heteroatoms. The molecule has 0 radical (unpaired) electrons. The number of fused-ring (bicyclic) bond motifs is 1. The van der Waals surface area contributed by atoms with Crippen LogP contribution in [0.4, 0.5) is 17.5 Å². The molecule has 2 aromatic carbocycles. The molecule has 1 aliphatic heterocycles. The molecule has 0 amide bonds. The van der Waals surface area contributed by atoms with Gasteiger partial charge in [0.25, 0.3) is 11.8 Å². The van der Waals surface area contributed by atoms with E-state index >= 15 is 0 Å². The number of ether oxygens (including phenoxy) is 1. The van der Waals surface area contributed by atoms with Gasteiger partial charge in [-0.1, -0.05) is 42.5 Å². The molecule has 1 aliphatic rings. The van der Waals surface area contributed by atoms with Gasteiger partial charge in [0.1, 0.15) is 0 Å². The van der Waals surface area contributed by atoms with Gasteiger partial charge in [0.2, 0.25) is 0 Å². The molecule has 0 saturated heterocycles. The Morgan fingerprint density at radius 2 is 2.00 bits per heavy atom. The van der Waals surface area contributed by atoms with Gasteiger partial charge in [-0.05, 0) is 36.0 Å². The summed E-state index contributed by atoms with van der Waals surface area (Å²) in [5.41, 5.74) is 3.65. The number of nitrogens with one attached hydrogen (secondary N) is 1. The number of hydrogen-bond acceptors (Lipinski definition) is 8. The van der Waals surface area contributed by atoms with E-state index in [-0.39, 0.29) is 6.04 Å². The molecule has 0 saturated carbocycles. The summed E-state index contributed by atoms with van der Waals surface area (Å²) in [6, 6.07) is 15.5. The largest absolute Gasteiger partial charge is 0.488 e. The second kappa shape index (κ2) is 8.06. The third-order valence-corrected chi connectivity index (χ3v) is 4.97. The van der Waals surface area contributed by atoms with Crippen molar-refractivity contribution in [1.29, 1.82) is 0 Å². The second-order valence-corrected chi connectivity index (χ2v) is 6.99. The van der Waals surface area contributed by atoms with E-state index in [2.05, 4.69) is 44.5 Å². The molecule has 148 valence electrons. The molecule has 1 aromatic heterocycles. The smallest absolute Gasteiger partial charge is 0.477 e. The summed E-state index contributed by atoms with van der Waals surface area (Å²) in [6.45, 7) is 2.55. The lowest BCUT2D eigenvalue weighted by molar-refractivity contribution is 0.391. The minimum absolute atomic E-state index is 0.221. The first-order valence-corrected chi connectivity index (χ1v) is 9.41. The monoisotopic (exact) mass is 391 g/mol. The zero-order valence-electron chi connectivity index (χ0n) is 16.3. The van der Waals surface area contributed by atoms with E-state index in [4.69, 9.17) is 4.74 Å². The lowest BCUT2D eigenvalue weighted by Gasteiger charge is -2.22. The summed E-state index contributed by atoms with van der Waals surface area (Å²) in [6.07, 6.45) is 0.921. The molecule has 4 rings (SSSR count). The molecule has 8 nitrogen and oxygen atoms in total. The predicted molar refractivity (Wildman–Crippen MR) is 112 cm³/mol. The van der Waals surface area contributed by atoms with Crippen molar-refractivity contribution in [2.45, 2.75) is 25.9 Å². The van der Waals surface area contributed by atoms with Crippen LogP contribution in [0.1, 0.15) is 18.1 Å². The summed E-state index contributed by atoms with van der Waals surface area (Å²) < 4.78 is 5.31. The standard InChI is InChI=1S/C20H22BN5O3/c1-13-10-15-7-3-4-9-17(15)26(13)20-23-18(19(29-2)24-25-20)22-12-14-6-5-8-16(11-14)21(27)28/h3-9,11,13,27-28H,10,12H2,1-2H3,(H,22,23,25). The Kier molecular flexibility index (Phi) is 5.33. The Hall–Kier alpha value is -3.17. The van der Waals surface area contributed by atoms with Crippen molar-refractivity contribution < 1.29 is 14.8 Å². The van der Waals surface area contributed by atoms with Crippen LogP contribution in [0.2, 0.25) is 0 Å². The average Bonchev–Trinajstić information content (AvgIpc) is 3.08. The third kappa shape index (κ3) is 3.87. The first-order chi connectivity index (χ1) is 14.1. The van der Waals surface area contributed by atoms with Gasteiger partial charge < -0.3 is 25.0 Å². The molecule has 1 unspecified atom stereocenters. The molecule has 29 heavy (non-hydrogen) atoms. The molecule has 0 fully saturated rings. The summed E-state index contributed by atoms with van der Waals surface area (Å²) in [5, 5.41) is 30.4. The summed E-state index contributed by atoms with van der Waals surface area (Å²) in [5.74, 6) is 1.28. The fraction of sp³-hybridized carbons (Fsp3) is 0.250. The number of rotatable bonds is 6. The van der Waals surface area contributed by atoms with E-state index in [1.165, 1.54) is 12.7 Å². The van der Waals surface area contributed by atoms with Gasteiger partial charge in [-0.2, -0.15) is 4.98 Å². The van der Waals surface area contributed by atoms with Crippen LogP contribution in [0.5, 0.6) is 5.88 Å². The van der Waals surface area contributed by atoms with E-state index in [0.29, 0.717) is 29.7 Å². The van der Waals surface area contributed by atoms with Gasteiger partial charge in [-0.25, -0.2) is 0 Å². The number of anilines is 3. The molecular weight excluding hydrogens is 369 g/mol. The Labute approximate surface area is 169 Å². The maximum absolute atomic E-state index is 9.36. The van der Waals surface area contributed by atoms with Crippen molar-refractivity contribution in [1.82, 2.24) is 15.2 Å². The minimum atomic E-state index is -1.51. The lowest BCUT2D eigenvalue weighted by Crippen LogP contribution is -2.30. The van der Waals surface area contributed by atoms with Crippen molar-refractivity contribution in [2.24, 2.45) is 0 Å². The number of aromatic nitrogens is 3. The maximum Gasteiger partial charge on any atom is 0.488 e. The van der Waals surface area contributed by atoms with Crippen molar-refractivity contribution in [2.75, 3.05) is 17.3 Å². The average molecular weight is 391 g/mol. The number of hydrogen-bond donors (Lipinski definition) is 3. The summed E-state index contributed by atoms with van der Waals surface area (Å²) in [4.78, 5) is 6.74. The van der Waals surface area contributed by atoms with E-state index in [1.807, 2.05) is 18.2 Å². The number of nitrogens with zero attached hydrogens (tertiary/aromatic N) is 4. The fourth-order valence-electron chi connectivity index (χ4n) is 3.58. The van der Waals surface area contributed by atoms with Crippen molar-refractivity contribution in [3.05, 3.63) is 59.7 Å². The van der Waals surface area contributed by atoms with E-state index in [0.717, 1.165) is 17.7 Å². The summed E-state index contributed by atoms with van der Waals surface area (Å²) in [7, 11) is 0.0149. The van der Waals surface area contributed by atoms with Crippen LogP contribution in [-0.2, 0) is 13.0 Å². The number of para-hydroxylation sites is 1. The van der Waals surface area contributed by atoms with Crippen LogP contribution < -0.4 is 20.4 Å². The normalized spacial score (nSPS) is 15.2. The Morgan fingerprint density at radius 1 is 1.17 bits per heavy atom. The summed E-state index contributed by atoms with van der Waals surface area (Å²) >= 11 is 0. The molecule has 3 aromatic rings. The maximum atomic E-state index is 9.36. The molecule has 0 aliphatic carbocycles. The van der Waals surface area contributed by atoms with Crippen LogP contribution in [-0.4, -0.2) is 45.5 Å².